The minimum atomic E-state index is 0.480. The SMILES string of the molecule is CC(CCNc1c(Cl)cc(Cl)cc1Cl)c1ccccc1. The van der Waals surface area contributed by atoms with Gasteiger partial charge in [0.2, 0.25) is 0 Å². The van der Waals surface area contributed by atoms with Crippen molar-refractivity contribution in [2.75, 3.05) is 11.9 Å². The Bertz CT molecular complexity index is 546. The molecule has 1 nitrogen and oxygen atoms in total. The largest absolute Gasteiger partial charge is 0.383 e. The number of rotatable bonds is 5. The van der Waals surface area contributed by atoms with Crippen LogP contribution in [-0.4, -0.2) is 6.54 Å². The van der Waals surface area contributed by atoms with Crippen LogP contribution in [0.4, 0.5) is 5.69 Å². The molecule has 0 saturated heterocycles. The molecule has 1 N–H and O–H groups in total. The topological polar surface area (TPSA) is 12.0 Å². The van der Waals surface area contributed by atoms with Crippen molar-refractivity contribution in [1.29, 1.82) is 0 Å². The molecule has 2 aromatic carbocycles. The minimum Gasteiger partial charge on any atom is -0.383 e. The lowest BCUT2D eigenvalue weighted by molar-refractivity contribution is 0.706. The van der Waals surface area contributed by atoms with E-state index in [-0.39, 0.29) is 0 Å². The number of hydrogen-bond acceptors (Lipinski definition) is 1. The number of halogens is 3. The summed E-state index contributed by atoms with van der Waals surface area (Å²) >= 11 is 18.2. The maximum Gasteiger partial charge on any atom is 0.0720 e. The number of anilines is 1. The van der Waals surface area contributed by atoms with Crippen LogP contribution in [0.5, 0.6) is 0 Å². The van der Waals surface area contributed by atoms with Crippen LogP contribution in [0, 0.1) is 0 Å². The van der Waals surface area contributed by atoms with E-state index in [1.54, 1.807) is 12.1 Å². The molecule has 0 aliphatic carbocycles. The van der Waals surface area contributed by atoms with Crippen molar-refractivity contribution in [3.63, 3.8) is 0 Å². The third-order valence-corrected chi connectivity index (χ3v) is 4.07. The van der Waals surface area contributed by atoms with Gasteiger partial charge in [0.25, 0.3) is 0 Å². The standard InChI is InChI=1S/C16H16Cl3N/c1-11(12-5-3-2-4-6-12)7-8-20-16-14(18)9-13(17)10-15(16)19/h2-6,9-11,20H,7-8H2,1H3. The predicted molar refractivity (Wildman–Crippen MR) is 89.4 cm³/mol. The summed E-state index contributed by atoms with van der Waals surface area (Å²) in [5, 5.41) is 4.93. The lowest BCUT2D eigenvalue weighted by atomic mass is 9.98. The van der Waals surface area contributed by atoms with Gasteiger partial charge in [0.1, 0.15) is 0 Å². The highest BCUT2D eigenvalue weighted by atomic mass is 35.5. The monoisotopic (exact) mass is 327 g/mol. The maximum absolute atomic E-state index is 6.14. The Hall–Kier alpha value is -0.890. The van der Waals surface area contributed by atoms with Crippen LogP contribution in [0.2, 0.25) is 15.1 Å². The van der Waals surface area contributed by atoms with Crippen molar-refractivity contribution in [3.05, 3.63) is 63.1 Å². The van der Waals surface area contributed by atoms with E-state index in [2.05, 4.69) is 36.5 Å². The molecule has 0 radical (unpaired) electrons. The Kier molecular flexibility index (Phi) is 5.59. The quantitative estimate of drug-likeness (QED) is 0.683. The highest BCUT2D eigenvalue weighted by molar-refractivity contribution is 6.41. The summed E-state index contributed by atoms with van der Waals surface area (Å²) in [5.74, 6) is 0.480. The third kappa shape index (κ3) is 4.05. The summed E-state index contributed by atoms with van der Waals surface area (Å²) in [7, 11) is 0. The van der Waals surface area contributed by atoms with E-state index < -0.39 is 0 Å². The summed E-state index contributed by atoms with van der Waals surface area (Å²) in [6, 6.07) is 13.8. The first-order valence-electron chi connectivity index (χ1n) is 6.51. The molecule has 0 bridgehead atoms. The molecule has 0 spiro atoms. The zero-order chi connectivity index (χ0) is 14.5. The summed E-state index contributed by atoms with van der Waals surface area (Å²) in [6.45, 7) is 3.01. The van der Waals surface area contributed by atoms with Crippen LogP contribution in [0.1, 0.15) is 24.8 Å². The molecule has 0 aromatic heterocycles. The molecule has 20 heavy (non-hydrogen) atoms. The highest BCUT2D eigenvalue weighted by Crippen LogP contribution is 2.33. The molecule has 0 saturated carbocycles. The fraction of sp³-hybridized carbons (Fsp3) is 0.250. The lowest BCUT2D eigenvalue weighted by Gasteiger charge is -2.15. The van der Waals surface area contributed by atoms with E-state index in [0.29, 0.717) is 21.0 Å². The van der Waals surface area contributed by atoms with Gasteiger partial charge in [0, 0.05) is 11.6 Å². The van der Waals surface area contributed by atoms with Crippen molar-refractivity contribution >= 4 is 40.5 Å². The Morgan fingerprint density at radius 3 is 2.20 bits per heavy atom. The number of nitrogens with one attached hydrogen (secondary N) is 1. The van der Waals surface area contributed by atoms with Crippen molar-refractivity contribution in [1.82, 2.24) is 0 Å². The molecular formula is C16H16Cl3N. The molecule has 2 aromatic rings. The predicted octanol–water partition coefficient (Wildman–Crippen LogP) is 6.25. The van der Waals surface area contributed by atoms with Gasteiger partial charge >= 0.3 is 0 Å². The van der Waals surface area contributed by atoms with Crippen molar-refractivity contribution < 1.29 is 0 Å². The molecule has 0 heterocycles. The highest BCUT2D eigenvalue weighted by Gasteiger charge is 2.09. The average Bonchev–Trinajstić information content (AvgIpc) is 2.42. The van der Waals surface area contributed by atoms with Gasteiger partial charge in [0.05, 0.1) is 15.7 Å². The van der Waals surface area contributed by atoms with Gasteiger partial charge in [-0.15, -0.1) is 0 Å². The fourth-order valence-electron chi connectivity index (χ4n) is 2.07. The zero-order valence-corrected chi connectivity index (χ0v) is 13.4. The smallest absolute Gasteiger partial charge is 0.0720 e. The third-order valence-electron chi connectivity index (χ3n) is 3.25. The first kappa shape index (κ1) is 15.5. The van der Waals surface area contributed by atoms with Crippen LogP contribution < -0.4 is 5.32 Å². The molecular weight excluding hydrogens is 313 g/mol. The van der Waals surface area contributed by atoms with Crippen molar-refractivity contribution in [2.45, 2.75) is 19.3 Å². The number of hydrogen-bond donors (Lipinski definition) is 1. The van der Waals surface area contributed by atoms with Crippen LogP contribution in [0.15, 0.2) is 42.5 Å². The summed E-state index contributed by atoms with van der Waals surface area (Å²) in [6.07, 6.45) is 0.999. The van der Waals surface area contributed by atoms with Gasteiger partial charge in [-0.2, -0.15) is 0 Å². The van der Waals surface area contributed by atoms with E-state index in [4.69, 9.17) is 34.8 Å². The fourth-order valence-corrected chi connectivity index (χ4v) is 3.02. The van der Waals surface area contributed by atoms with Crippen LogP contribution in [0.25, 0.3) is 0 Å². The Labute approximate surface area is 134 Å². The Morgan fingerprint density at radius 2 is 1.60 bits per heavy atom. The molecule has 1 unspecified atom stereocenters. The second kappa shape index (κ2) is 7.21. The van der Waals surface area contributed by atoms with Crippen molar-refractivity contribution in [3.8, 4) is 0 Å². The van der Waals surface area contributed by atoms with Crippen LogP contribution >= 0.6 is 34.8 Å². The van der Waals surface area contributed by atoms with E-state index in [0.717, 1.165) is 18.7 Å². The van der Waals surface area contributed by atoms with E-state index in [1.807, 2.05) is 6.07 Å². The summed E-state index contributed by atoms with van der Waals surface area (Å²) in [5.41, 5.74) is 2.08. The van der Waals surface area contributed by atoms with E-state index >= 15 is 0 Å². The van der Waals surface area contributed by atoms with Gasteiger partial charge < -0.3 is 5.32 Å². The van der Waals surface area contributed by atoms with Gasteiger partial charge in [0.15, 0.2) is 0 Å². The van der Waals surface area contributed by atoms with Crippen LogP contribution in [0.3, 0.4) is 0 Å². The van der Waals surface area contributed by atoms with E-state index in [9.17, 15) is 0 Å². The average molecular weight is 329 g/mol. The van der Waals surface area contributed by atoms with Crippen LogP contribution in [-0.2, 0) is 0 Å². The molecule has 0 amide bonds. The molecule has 1 atom stereocenters. The second-order valence-corrected chi connectivity index (χ2v) is 6.02. The molecule has 2 rings (SSSR count). The molecule has 0 aliphatic rings. The Balaban J connectivity index is 1.94. The molecule has 4 heteroatoms. The Morgan fingerprint density at radius 1 is 1.00 bits per heavy atom. The first-order valence-corrected chi connectivity index (χ1v) is 7.64. The normalized spacial score (nSPS) is 12.2. The first-order chi connectivity index (χ1) is 9.58. The van der Waals surface area contributed by atoms with Gasteiger partial charge in [-0.25, -0.2) is 0 Å². The molecule has 0 fully saturated rings. The maximum atomic E-state index is 6.14. The summed E-state index contributed by atoms with van der Waals surface area (Å²) < 4.78 is 0. The minimum absolute atomic E-state index is 0.480. The zero-order valence-electron chi connectivity index (χ0n) is 11.2. The second-order valence-electron chi connectivity index (χ2n) is 4.77. The van der Waals surface area contributed by atoms with Gasteiger partial charge in [-0.3, -0.25) is 0 Å². The summed E-state index contributed by atoms with van der Waals surface area (Å²) in [4.78, 5) is 0. The lowest BCUT2D eigenvalue weighted by Crippen LogP contribution is -2.06. The van der Waals surface area contributed by atoms with Gasteiger partial charge in [-0.1, -0.05) is 72.1 Å². The van der Waals surface area contributed by atoms with E-state index in [1.165, 1.54) is 5.56 Å². The van der Waals surface area contributed by atoms with Gasteiger partial charge in [-0.05, 0) is 30.0 Å². The molecule has 0 aliphatic heterocycles. The number of benzene rings is 2. The van der Waals surface area contributed by atoms with Crippen molar-refractivity contribution in [2.24, 2.45) is 0 Å². The molecule has 106 valence electrons.